The second-order valence-corrected chi connectivity index (χ2v) is 6.36. The van der Waals surface area contributed by atoms with E-state index in [9.17, 15) is 9.59 Å². The minimum Gasteiger partial charge on any atom is -0.478 e. The van der Waals surface area contributed by atoms with Crippen molar-refractivity contribution >= 4 is 11.8 Å². The molecule has 1 heterocycles. The molecule has 0 saturated heterocycles. The summed E-state index contributed by atoms with van der Waals surface area (Å²) in [5.41, 5.74) is 3.76. The van der Waals surface area contributed by atoms with Crippen LogP contribution < -0.4 is 0 Å². The van der Waals surface area contributed by atoms with Crippen LogP contribution in [0.15, 0.2) is 78.0 Å². The van der Waals surface area contributed by atoms with Crippen molar-refractivity contribution in [2.24, 2.45) is 0 Å². The number of ketones is 1. The molecule has 0 amide bonds. The third kappa shape index (κ3) is 5.43. The molecule has 1 aliphatic carbocycles. The van der Waals surface area contributed by atoms with E-state index < -0.39 is 5.97 Å². The first-order valence-corrected chi connectivity index (χ1v) is 9.61. The van der Waals surface area contributed by atoms with Crippen LogP contribution in [0.1, 0.15) is 48.3 Å². The normalized spacial score (nSPS) is 13.4. The first-order valence-electron chi connectivity index (χ1n) is 9.61. The van der Waals surface area contributed by atoms with Crippen molar-refractivity contribution in [3.63, 3.8) is 0 Å². The number of aliphatic carboxylic acids is 1. The Morgan fingerprint density at radius 2 is 1.86 bits per heavy atom. The lowest BCUT2D eigenvalue weighted by Crippen LogP contribution is -2.09. The Morgan fingerprint density at radius 1 is 1.14 bits per heavy atom. The lowest BCUT2D eigenvalue weighted by molar-refractivity contribution is -0.132. The van der Waals surface area contributed by atoms with Crippen LogP contribution in [0.5, 0.6) is 0 Å². The van der Waals surface area contributed by atoms with E-state index in [0.717, 1.165) is 17.6 Å². The largest absolute Gasteiger partial charge is 0.478 e. The van der Waals surface area contributed by atoms with Gasteiger partial charge in [0.05, 0.1) is 5.69 Å². The molecule has 0 atom stereocenters. The van der Waals surface area contributed by atoms with E-state index in [2.05, 4.69) is 0 Å². The van der Waals surface area contributed by atoms with Gasteiger partial charge in [0.2, 0.25) is 5.78 Å². The van der Waals surface area contributed by atoms with E-state index in [1.807, 2.05) is 86.2 Å². The Balaban J connectivity index is 0.00000136. The van der Waals surface area contributed by atoms with Gasteiger partial charge in [-0.15, -0.1) is 0 Å². The van der Waals surface area contributed by atoms with Crippen molar-refractivity contribution in [2.45, 2.75) is 40.2 Å². The number of carbonyl (C=O) groups is 2. The molecular formula is C24H27NO3. The van der Waals surface area contributed by atoms with Crippen molar-refractivity contribution < 1.29 is 14.7 Å². The Kier molecular flexibility index (Phi) is 7.76. The van der Waals surface area contributed by atoms with E-state index in [0.29, 0.717) is 29.8 Å². The van der Waals surface area contributed by atoms with Crippen LogP contribution in [0.4, 0.5) is 0 Å². The van der Waals surface area contributed by atoms with Gasteiger partial charge in [0.1, 0.15) is 0 Å². The van der Waals surface area contributed by atoms with Crippen LogP contribution in [0.2, 0.25) is 0 Å². The van der Waals surface area contributed by atoms with Gasteiger partial charge < -0.3 is 9.67 Å². The molecular weight excluding hydrogens is 350 g/mol. The minimum absolute atomic E-state index is 0.00617. The smallest absolute Gasteiger partial charge is 0.331 e. The Hall–Kier alpha value is -3.14. The molecule has 146 valence electrons. The monoisotopic (exact) mass is 377 g/mol. The van der Waals surface area contributed by atoms with E-state index >= 15 is 0 Å². The Morgan fingerprint density at radius 3 is 2.54 bits per heavy atom. The predicted molar refractivity (Wildman–Crippen MR) is 113 cm³/mol. The molecule has 0 aliphatic heterocycles. The van der Waals surface area contributed by atoms with Crippen LogP contribution in [-0.4, -0.2) is 21.4 Å². The number of carboxylic acids is 1. The van der Waals surface area contributed by atoms with Crippen LogP contribution in [0.3, 0.4) is 0 Å². The molecule has 0 spiro atoms. The molecule has 0 unspecified atom stereocenters. The van der Waals surface area contributed by atoms with Crippen molar-refractivity contribution in [2.75, 3.05) is 0 Å². The number of hydrogen-bond donors (Lipinski definition) is 1. The number of hydrogen-bond acceptors (Lipinski definition) is 2. The molecule has 4 heteroatoms. The van der Waals surface area contributed by atoms with Crippen molar-refractivity contribution in [1.29, 1.82) is 0 Å². The predicted octanol–water partition coefficient (Wildman–Crippen LogP) is 5.34. The second-order valence-electron chi connectivity index (χ2n) is 6.36. The first-order chi connectivity index (χ1) is 13.5. The summed E-state index contributed by atoms with van der Waals surface area (Å²) in [4.78, 5) is 23.8. The SMILES string of the molecule is CC.Cc1ccc(C(=O)c2cccn2C/C=C/C2=CCCC(C(=O)O)=C2)cc1. The number of benzene rings is 1. The van der Waals surface area contributed by atoms with Gasteiger partial charge in [-0.3, -0.25) is 4.79 Å². The molecule has 1 N–H and O–H groups in total. The van der Waals surface area contributed by atoms with E-state index in [-0.39, 0.29) is 5.78 Å². The van der Waals surface area contributed by atoms with Crippen LogP contribution in [0.25, 0.3) is 0 Å². The van der Waals surface area contributed by atoms with Gasteiger partial charge in [-0.25, -0.2) is 4.79 Å². The summed E-state index contributed by atoms with van der Waals surface area (Å²) in [5, 5.41) is 9.09. The molecule has 3 rings (SSSR count). The van der Waals surface area contributed by atoms with E-state index in [4.69, 9.17) is 5.11 Å². The van der Waals surface area contributed by atoms with Crippen molar-refractivity contribution in [1.82, 2.24) is 4.57 Å². The number of aromatic nitrogens is 1. The lowest BCUT2D eigenvalue weighted by Gasteiger charge is -2.08. The summed E-state index contributed by atoms with van der Waals surface area (Å²) < 4.78 is 1.89. The maximum Gasteiger partial charge on any atom is 0.331 e. The highest BCUT2D eigenvalue weighted by Crippen LogP contribution is 2.18. The number of carbonyl (C=O) groups excluding carboxylic acids is 1. The van der Waals surface area contributed by atoms with Crippen LogP contribution in [0, 0.1) is 6.92 Å². The van der Waals surface area contributed by atoms with Gasteiger partial charge in [-0.2, -0.15) is 0 Å². The maximum absolute atomic E-state index is 12.7. The van der Waals surface area contributed by atoms with Gasteiger partial charge in [0.15, 0.2) is 0 Å². The van der Waals surface area contributed by atoms with Gasteiger partial charge in [-0.1, -0.05) is 61.9 Å². The minimum atomic E-state index is -0.861. The summed E-state index contributed by atoms with van der Waals surface area (Å²) in [7, 11) is 0. The average molecular weight is 377 g/mol. The van der Waals surface area contributed by atoms with Gasteiger partial charge in [0.25, 0.3) is 0 Å². The molecule has 1 aromatic carbocycles. The zero-order valence-electron chi connectivity index (χ0n) is 16.7. The fourth-order valence-corrected chi connectivity index (χ4v) is 2.95. The molecule has 0 bridgehead atoms. The van der Waals surface area contributed by atoms with Crippen molar-refractivity contribution in [3.8, 4) is 0 Å². The lowest BCUT2D eigenvalue weighted by atomic mass is 9.99. The van der Waals surface area contributed by atoms with Crippen LogP contribution in [-0.2, 0) is 11.3 Å². The molecule has 4 nitrogen and oxygen atoms in total. The van der Waals surface area contributed by atoms with E-state index in [1.54, 1.807) is 6.08 Å². The third-order valence-corrected chi connectivity index (χ3v) is 4.40. The molecule has 0 fully saturated rings. The van der Waals surface area contributed by atoms with Crippen molar-refractivity contribution in [3.05, 3.63) is 94.9 Å². The molecule has 0 radical (unpaired) electrons. The Labute approximate surface area is 166 Å². The molecule has 28 heavy (non-hydrogen) atoms. The summed E-state index contributed by atoms with van der Waals surface area (Å²) in [6.07, 6.45) is 10.8. The molecule has 2 aromatic rings. The average Bonchev–Trinajstić information content (AvgIpc) is 3.18. The second kappa shape index (κ2) is 10.3. The summed E-state index contributed by atoms with van der Waals surface area (Å²) in [6.45, 7) is 6.54. The first kappa shape index (κ1) is 21.2. The zero-order chi connectivity index (χ0) is 20.5. The zero-order valence-corrected chi connectivity index (χ0v) is 16.7. The number of nitrogens with zero attached hydrogens (tertiary/aromatic N) is 1. The van der Waals surface area contributed by atoms with Gasteiger partial charge in [-0.05, 0) is 43.5 Å². The highest BCUT2D eigenvalue weighted by molar-refractivity contribution is 6.08. The fourth-order valence-electron chi connectivity index (χ4n) is 2.95. The van der Waals surface area contributed by atoms with Crippen LogP contribution >= 0.6 is 0 Å². The third-order valence-electron chi connectivity index (χ3n) is 4.40. The number of rotatable bonds is 6. The summed E-state index contributed by atoms with van der Waals surface area (Å²) in [5.74, 6) is -0.867. The molecule has 1 aromatic heterocycles. The number of aryl methyl sites for hydroxylation is 1. The Bertz CT molecular complexity index is 912. The quantitative estimate of drug-likeness (QED) is 0.691. The fraction of sp³-hybridized carbons (Fsp3) is 0.250. The molecule has 1 aliphatic rings. The molecule has 0 saturated carbocycles. The number of carboxylic acid groups (broad SMARTS) is 1. The van der Waals surface area contributed by atoms with E-state index in [1.165, 1.54) is 0 Å². The standard InChI is InChI=1S/C22H21NO3.C2H6/c1-16-9-11-18(12-10-16)21(24)20-8-4-14-23(20)13-3-6-17-5-2-7-19(15-17)22(25)26;1-2/h3-6,8-12,14-15H,2,7,13H2,1H3,(H,25,26);1-2H3/b6-3+;. The summed E-state index contributed by atoms with van der Waals surface area (Å²) in [6, 6.07) is 11.2. The topological polar surface area (TPSA) is 59.3 Å². The summed E-state index contributed by atoms with van der Waals surface area (Å²) >= 11 is 0. The van der Waals surface area contributed by atoms with Gasteiger partial charge >= 0.3 is 5.97 Å². The number of allylic oxidation sites excluding steroid dienone is 5. The van der Waals surface area contributed by atoms with Gasteiger partial charge in [0, 0.05) is 23.9 Å². The maximum atomic E-state index is 12.7. The highest BCUT2D eigenvalue weighted by Gasteiger charge is 2.13. The highest BCUT2D eigenvalue weighted by atomic mass is 16.4.